The van der Waals surface area contributed by atoms with Gasteiger partial charge < -0.3 is 9.64 Å². The fourth-order valence-electron chi connectivity index (χ4n) is 2.16. The van der Waals surface area contributed by atoms with Crippen molar-refractivity contribution in [2.45, 2.75) is 32.8 Å². The molecular formula is C15H20N2O2. The summed E-state index contributed by atoms with van der Waals surface area (Å²) in [7, 11) is 0. The van der Waals surface area contributed by atoms with Crippen molar-refractivity contribution >= 4 is 5.91 Å². The van der Waals surface area contributed by atoms with Gasteiger partial charge in [0.05, 0.1) is 6.20 Å². The summed E-state index contributed by atoms with van der Waals surface area (Å²) >= 11 is 0. The number of ether oxygens (including phenoxy) is 1. The number of likely N-dealkylation sites (tertiary alicyclic amines) is 1. The van der Waals surface area contributed by atoms with Crippen molar-refractivity contribution in [3.05, 3.63) is 36.2 Å². The zero-order chi connectivity index (χ0) is 13.7. The number of carbonyl (C=O) groups is 1. The van der Waals surface area contributed by atoms with E-state index in [9.17, 15) is 4.79 Å². The number of piperidine rings is 1. The van der Waals surface area contributed by atoms with Crippen LogP contribution in [0.3, 0.4) is 0 Å². The second-order valence-electron chi connectivity index (χ2n) is 4.78. The molecule has 4 heteroatoms. The van der Waals surface area contributed by atoms with Gasteiger partial charge in [-0.1, -0.05) is 6.08 Å². The van der Waals surface area contributed by atoms with Crippen molar-refractivity contribution in [1.82, 2.24) is 9.88 Å². The summed E-state index contributed by atoms with van der Waals surface area (Å²) in [5.74, 6) is 0.904. The minimum Gasteiger partial charge on any atom is -0.489 e. The maximum Gasteiger partial charge on any atom is 0.246 e. The average Bonchev–Trinajstić information content (AvgIpc) is 2.42. The predicted molar refractivity (Wildman–Crippen MR) is 74.0 cm³/mol. The Morgan fingerprint density at radius 2 is 2.16 bits per heavy atom. The highest BCUT2D eigenvalue weighted by molar-refractivity contribution is 5.87. The van der Waals surface area contributed by atoms with Crippen LogP contribution in [0, 0.1) is 6.92 Å². The summed E-state index contributed by atoms with van der Waals surface area (Å²) in [6.07, 6.45) is 7.08. The molecule has 0 spiro atoms. The first-order valence-electron chi connectivity index (χ1n) is 6.70. The molecule has 0 saturated carbocycles. The zero-order valence-corrected chi connectivity index (χ0v) is 11.5. The van der Waals surface area contributed by atoms with Crippen LogP contribution in [-0.4, -0.2) is 35.0 Å². The van der Waals surface area contributed by atoms with Crippen molar-refractivity contribution in [2.75, 3.05) is 13.1 Å². The normalized spacial score (nSPS) is 16.8. The molecule has 19 heavy (non-hydrogen) atoms. The van der Waals surface area contributed by atoms with Crippen LogP contribution in [0.5, 0.6) is 5.75 Å². The van der Waals surface area contributed by atoms with Crippen LogP contribution in [0.1, 0.15) is 25.5 Å². The molecule has 1 saturated heterocycles. The summed E-state index contributed by atoms with van der Waals surface area (Å²) in [4.78, 5) is 17.8. The first kappa shape index (κ1) is 13.6. The lowest BCUT2D eigenvalue weighted by molar-refractivity contribution is -0.127. The summed E-state index contributed by atoms with van der Waals surface area (Å²) in [5, 5.41) is 0. The van der Waals surface area contributed by atoms with E-state index in [4.69, 9.17) is 4.74 Å². The van der Waals surface area contributed by atoms with E-state index in [2.05, 4.69) is 4.98 Å². The lowest BCUT2D eigenvalue weighted by Crippen LogP contribution is -2.41. The number of allylic oxidation sites excluding steroid dienone is 1. The molecule has 0 bridgehead atoms. The van der Waals surface area contributed by atoms with Crippen molar-refractivity contribution in [1.29, 1.82) is 0 Å². The number of aromatic nitrogens is 1. The minimum absolute atomic E-state index is 0.0953. The third-order valence-electron chi connectivity index (χ3n) is 3.25. The third-order valence-corrected chi connectivity index (χ3v) is 3.25. The highest BCUT2D eigenvalue weighted by Gasteiger charge is 2.22. The summed E-state index contributed by atoms with van der Waals surface area (Å²) in [6, 6.07) is 3.89. The van der Waals surface area contributed by atoms with E-state index in [-0.39, 0.29) is 12.0 Å². The molecule has 102 valence electrons. The van der Waals surface area contributed by atoms with Gasteiger partial charge in [-0.05, 0) is 32.1 Å². The van der Waals surface area contributed by atoms with Crippen LogP contribution in [0.15, 0.2) is 30.5 Å². The molecule has 2 rings (SSSR count). The number of hydrogen-bond donors (Lipinski definition) is 0. The largest absolute Gasteiger partial charge is 0.489 e. The van der Waals surface area contributed by atoms with Crippen molar-refractivity contribution in [3.63, 3.8) is 0 Å². The zero-order valence-electron chi connectivity index (χ0n) is 11.5. The Balaban J connectivity index is 1.83. The van der Waals surface area contributed by atoms with Gasteiger partial charge in [-0.25, -0.2) is 0 Å². The molecule has 1 amide bonds. The fraction of sp³-hybridized carbons (Fsp3) is 0.467. The maximum atomic E-state index is 11.7. The van der Waals surface area contributed by atoms with E-state index in [1.54, 1.807) is 18.3 Å². The molecule has 1 aliphatic rings. The lowest BCUT2D eigenvalue weighted by Gasteiger charge is -2.31. The predicted octanol–water partition coefficient (Wildman–Crippen LogP) is 2.34. The number of hydrogen-bond acceptors (Lipinski definition) is 3. The smallest absolute Gasteiger partial charge is 0.246 e. The van der Waals surface area contributed by atoms with E-state index in [0.717, 1.165) is 37.4 Å². The molecule has 0 atom stereocenters. The minimum atomic E-state index is 0.0953. The number of aryl methyl sites for hydroxylation is 1. The van der Waals surface area contributed by atoms with Crippen LogP contribution < -0.4 is 4.74 Å². The topological polar surface area (TPSA) is 42.4 Å². The van der Waals surface area contributed by atoms with Crippen molar-refractivity contribution < 1.29 is 9.53 Å². The van der Waals surface area contributed by atoms with Gasteiger partial charge in [-0.3, -0.25) is 9.78 Å². The average molecular weight is 260 g/mol. The Morgan fingerprint density at radius 3 is 2.74 bits per heavy atom. The molecule has 0 unspecified atom stereocenters. The monoisotopic (exact) mass is 260 g/mol. The van der Waals surface area contributed by atoms with Gasteiger partial charge in [-0.15, -0.1) is 0 Å². The van der Waals surface area contributed by atoms with Gasteiger partial charge in [0.15, 0.2) is 0 Å². The molecule has 1 fully saturated rings. The Kier molecular flexibility index (Phi) is 4.55. The molecule has 0 aromatic carbocycles. The summed E-state index contributed by atoms with van der Waals surface area (Å²) in [6.45, 7) is 5.33. The first-order valence-corrected chi connectivity index (χ1v) is 6.70. The molecule has 2 heterocycles. The van der Waals surface area contributed by atoms with Crippen LogP contribution >= 0.6 is 0 Å². The van der Waals surface area contributed by atoms with E-state index >= 15 is 0 Å². The van der Waals surface area contributed by atoms with E-state index in [0.29, 0.717) is 0 Å². The number of amides is 1. The van der Waals surface area contributed by atoms with Gasteiger partial charge >= 0.3 is 0 Å². The van der Waals surface area contributed by atoms with Gasteiger partial charge in [0.25, 0.3) is 0 Å². The van der Waals surface area contributed by atoms with Crippen molar-refractivity contribution in [2.24, 2.45) is 0 Å². The third kappa shape index (κ3) is 3.81. The van der Waals surface area contributed by atoms with Crippen molar-refractivity contribution in [3.8, 4) is 5.75 Å². The number of carbonyl (C=O) groups excluding carboxylic acids is 1. The second kappa shape index (κ2) is 6.36. The van der Waals surface area contributed by atoms with E-state index in [1.807, 2.05) is 30.9 Å². The van der Waals surface area contributed by atoms with E-state index in [1.165, 1.54) is 0 Å². The number of nitrogens with zero attached hydrogens (tertiary/aromatic N) is 2. The summed E-state index contributed by atoms with van der Waals surface area (Å²) in [5.41, 5.74) is 0.985. The van der Waals surface area contributed by atoms with Gasteiger partial charge in [-0.2, -0.15) is 0 Å². The molecule has 0 aliphatic carbocycles. The molecular weight excluding hydrogens is 240 g/mol. The van der Waals surface area contributed by atoms with Crippen LogP contribution in [-0.2, 0) is 4.79 Å². The second-order valence-corrected chi connectivity index (χ2v) is 4.78. The Labute approximate surface area is 114 Å². The van der Waals surface area contributed by atoms with Gasteiger partial charge in [0.2, 0.25) is 5.91 Å². The Bertz CT molecular complexity index is 446. The maximum absolute atomic E-state index is 11.7. The van der Waals surface area contributed by atoms with Crippen LogP contribution in [0.25, 0.3) is 0 Å². The quantitative estimate of drug-likeness (QED) is 0.783. The Morgan fingerprint density at radius 1 is 1.42 bits per heavy atom. The van der Waals surface area contributed by atoms with Gasteiger partial charge in [0, 0.05) is 31.6 Å². The fourth-order valence-corrected chi connectivity index (χ4v) is 2.16. The van der Waals surface area contributed by atoms with E-state index < -0.39 is 0 Å². The Hall–Kier alpha value is -1.84. The molecule has 4 nitrogen and oxygen atoms in total. The SMILES string of the molecule is C/C=C/C(=O)N1CCC(Oc2ccc(C)nc2)CC1. The highest BCUT2D eigenvalue weighted by Crippen LogP contribution is 2.18. The number of pyridine rings is 1. The van der Waals surface area contributed by atoms with Crippen LogP contribution in [0.2, 0.25) is 0 Å². The van der Waals surface area contributed by atoms with Gasteiger partial charge in [0.1, 0.15) is 11.9 Å². The molecule has 0 N–H and O–H groups in total. The lowest BCUT2D eigenvalue weighted by atomic mass is 10.1. The standard InChI is InChI=1S/C15H20N2O2/c1-3-4-15(18)17-9-7-13(8-10-17)19-14-6-5-12(2)16-11-14/h3-6,11,13H,7-10H2,1-2H3/b4-3+. The summed E-state index contributed by atoms with van der Waals surface area (Å²) < 4.78 is 5.88. The van der Waals surface area contributed by atoms with Crippen LogP contribution in [0.4, 0.5) is 0 Å². The molecule has 1 aromatic heterocycles. The highest BCUT2D eigenvalue weighted by atomic mass is 16.5. The molecule has 1 aliphatic heterocycles. The molecule has 0 radical (unpaired) electrons. The number of rotatable bonds is 3. The first-order chi connectivity index (χ1) is 9.19. The molecule has 1 aromatic rings.